The summed E-state index contributed by atoms with van der Waals surface area (Å²) in [5.41, 5.74) is 0. The summed E-state index contributed by atoms with van der Waals surface area (Å²) in [5, 5.41) is 0. The second kappa shape index (κ2) is 21.6. The first-order valence-electron chi connectivity index (χ1n) is 0.408. The van der Waals surface area contributed by atoms with E-state index in [1.165, 1.54) is 0 Å². The van der Waals surface area contributed by atoms with E-state index < -0.39 is 0 Å². The predicted molar refractivity (Wildman–Crippen MR) is 13.6 cm³/mol. The van der Waals surface area contributed by atoms with E-state index >= 15 is 0 Å². The zero-order valence-electron chi connectivity index (χ0n) is 2.91. The second-order valence-corrected chi connectivity index (χ2v) is 0. The van der Waals surface area contributed by atoms with E-state index in [1.807, 2.05) is 0 Å². The van der Waals surface area contributed by atoms with Crippen LogP contribution in [0.2, 0.25) is 0 Å². The molecular weight excluding hydrogens is 99.2 g/mol. The first-order chi connectivity index (χ1) is 1.00. The van der Waals surface area contributed by atoms with Crippen LogP contribution in [0.25, 0.3) is 0 Å². The molecule has 0 atom stereocenters. The molecule has 0 saturated heterocycles. The molecule has 0 unspecified atom stereocenters. The molecule has 4 heavy (non-hydrogen) atoms. The molecule has 0 radical (unpaired) electrons. The van der Waals surface area contributed by atoms with E-state index in [2.05, 4.69) is 0 Å². The van der Waals surface area contributed by atoms with Gasteiger partial charge in [-0.05, 0) is 0 Å². The monoisotopic (exact) mass is 104 g/mol. The van der Waals surface area contributed by atoms with Gasteiger partial charge in [-0.3, -0.25) is 0 Å². The maximum absolute atomic E-state index is 8.39. The van der Waals surface area contributed by atoms with Crippen LogP contribution in [-0.2, 0) is 0 Å². The minimum absolute atomic E-state index is 0. The number of rotatable bonds is 0. The molecule has 2 nitrogen and oxygen atoms in total. The molecule has 2 N–H and O–H groups in total. The second-order valence-electron chi connectivity index (χ2n) is 0. The van der Waals surface area contributed by atoms with E-state index in [0.717, 1.165) is 0 Å². The fourth-order valence-electron chi connectivity index (χ4n) is 0. The van der Waals surface area contributed by atoms with Gasteiger partial charge in [0.1, 0.15) is 0 Å². The third-order valence-electron chi connectivity index (χ3n) is 0. The van der Waals surface area contributed by atoms with Gasteiger partial charge in [-0.1, -0.05) is 10.5 Å². The molecule has 0 aliphatic heterocycles. The van der Waals surface area contributed by atoms with Crippen molar-refractivity contribution >= 4 is 10.5 Å². The topological polar surface area (TPSA) is 54.6 Å². The average Bonchev–Trinajstić information content (AvgIpc) is 1.00. The summed E-state index contributed by atoms with van der Waals surface area (Å²) < 4.78 is 0. The van der Waals surface area contributed by atoms with Crippen molar-refractivity contribution in [1.82, 2.24) is 0 Å². The van der Waals surface area contributed by atoms with E-state index in [4.69, 9.17) is 4.80 Å². The van der Waals surface area contributed by atoms with Crippen molar-refractivity contribution in [3.8, 4) is 0 Å². The van der Waals surface area contributed by atoms with Crippen molar-refractivity contribution < 1.29 is 61.7 Å². The van der Waals surface area contributed by atoms with Gasteiger partial charge >= 0.3 is 51.4 Å². The summed E-state index contributed by atoms with van der Waals surface area (Å²) in [6.07, 6.45) is 0. The maximum Gasteiger partial charge on any atom is 1.00 e. The molecule has 0 rings (SSSR count). The van der Waals surface area contributed by atoms with Crippen LogP contribution in [0.1, 0.15) is 0 Å². The van der Waals surface area contributed by atoms with Crippen molar-refractivity contribution in [3.63, 3.8) is 0 Å². The Balaban J connectivity index is -0.00000000500. The smallest absolute Gasteiger partial charge is 0.865 e. The molecule has 0 aromatic rings. The normalized spacial score (nSPS) is 2.25. The van der Waals surface area contributed by atoms with Crippen LogP contribution in [0, 0.1) is 0 Å². The molecule has 0 spiro atoms. The van der Waals surface area contributed by atoms with Crippen LogP contribution in [-0.4, -0.2) is 16.0 Å². The van der Waals surface area contributed by atoms with E-state index in [0.29, 0.717) is 0 Å². The summed E-state index contributed by atoms with van der Waals surface area (Å²) >= 11 is 0. The molecule has 0 aliphatic carbocycles. The van der Waals surface area contributed by atoms with Crippen LogP contribution >= 0.6 is 0 Å². The third-order valence-corrected chi connectivity index (χ3v) is 0. The van der Waals surface area contributed by atoms with Crippen molar-refractivity contribution in [1.29, 1.82) is 0 Å². The van der Waals surface area contributed by atoms with Gasteiger partial charge in [0.15, 0.2) is 0 Å². The zero-order chi connectivity index (χ0) is 2.00. The Bertz CT molecular complexity index is 6.00. The van der Waals surface area contributed by atoms with E-state index in [9.17, 15) is 0 Å². The predicted octanol–water partition coefficient (Wildman–Crippen LogP) is -6.19. The van der Waals surface area contributed by atoms with Crippen molar-refractivity contribution in [2.45, 2.75) is 0 Å². The number of hydrogen-bond donors (Lipinski definition) is 0. The first-order valence-corrected chi connectivity index (χ1v) is 1.22. The van der Waals surface area contributed by atoms with Gasteiger partial charge in [0.25, 0.3) is 0 Å². The average molecular weight is 104 g/mol. The van der Waals surface area contributed by atoms with Gasteiger partial charge in [-0.15, -0.1) is 0 Å². The SMILES string of the molecule is O.[K+].[O-][SiH3]. The van der Waals surface area contributed by atoms with Crippen LogP contribution in [0.5, 0.6) is 0 Å². The van der Waals surface area contributed by atoms with E-state index in [1.54, 1.807) is 0 Å². The minimum atomic E-state index is 0. The Morgan fingerprint density at radius 1 is 1.25 bits per heavy atom. The number of hydrogen-bond acceptors (Lipinski definition) is 1. The summed E-state index contributed by atoms with van der Waals surface area (Å²) in [6, 6.07) is 0. The molecule has 0 saturated carbocycles. The van der Waals surface area contributed by atoms with E-state index in [-0.39, 0.29) is 67.3 Å². The zero-order valence-corrected chi connectivity index (χ0v) is 8.03. The summed E-state index contributed by atoms with van der Waals surface area (Å²) in [6.45, 7) is 0. The van der Waals surface area contributed by atoms with Crippen molar-refractivity contribution in [2.75, 3.05) is 0 Å². The molecule has 0 aliphatic rings. The van der Waals surface area contributed by atoms with Gasteiger partial charge < -0.3 is 10.3 Å². The molecule has 4 heteroatoms. The van der Waals surface area contributed by atoms with Crippen molar-refractivity contribution in [3.05, 3.63) is 0 Å². The minimum Gasteiger partial charge on any atom is -0.865 e. The molecule has 0 aromatic heterocycles. The van der Waals surface area contributed by atoms with Crippen LogP contribution in [0.15, 0.2) is 0 Å². The van der Waals surface area contributed by atoms with Gasteiger partial charge in [0.2, 0.25) is 0 Å². The van der Waals surface area contributed by atoms with Crippen LogP contribution in [0.3, 0.4) is 0 Å². The summed E-state index contributed by atoms with van der Waals surface area (Å²) in [4.78, 5) is 8.39. The van der Waals surface area contributed by atoms with Gasteiger partial charge in [0, 0.05) is 0 Å². The third kappa shape index (κ3) is 9.23. The fraction of sp³-hybridized carbons (Fsp3) is 0. The van der Waals surface area contributed by atoms with Crippen molar-refractivity contribution in [2.24, 2.45) is 0 Å². The van der Waals surface area contributed by atoms with Crippen LogP contribution < -0.4 is 56.2 Å². The molecule has 0 amide bonds. The molecule has 0 heterocycles. The molecule has 0 bridgehead atoms. The summed E-state index contributed by atoms with van der Waals surface area (Å²) in [7, 11) is 0.0556. The van der Waals surface area contributed by atoms with Gasteiger partial charge in [-0.2, -0.15) is 0 Å². The Morgan fingerprint density at radius 2 is 1.25 bits per heavy atom. The Morgan fingerprint density at radius 3 is 1.25 bits per heavy atom. The standard InChI is InChI=1S/K.H3OSi.H2O/c;1-2;/h;2H3;1H2/q+1;-1;. The molecule has 0 fully saturated rings. The van der Waals surface area contributed by atoms with Gasteiger partial charge in [-0.25, -0.2) is 0 Å². The Hall–Kier alpha value is 1.77. The molecular formula is H5KO2Si. The largest absolute Gasteiger partial charge is 1.00 e. The van der Waals surface area contributed by atoms with Gasteiger partial charge in [0.05, 0.1) is 0 Å². The quantitative estimate of drug-likeness (QED) is 0.282. The Labute approximate surface area is 70.9 Å². The molecule has 22 valence electrons. The van der Waals surface area contributed by atoms with Crippen LogP contribution in [0.4, 0.5) is 0 Å². The molecule has 0 aromatic carbocycles. The maximum atomic E-state index is 8.39. The fourth-order valence-corrected chi connectivity index (χ4v) is 0. The first kappa shape index (κ1) is 17.1. The summed E-state index contributed by atoms with van der Waals surface area (Å²) in [5.74, 6) is 0. The Kier molecular flexibility index (Phi) is 92.4.